The minimum Gasteiger partial charge on any atom is -0.394 e. The zero-order chi connectivity index (χ0) is 12.6. The number of hydrogen-bond acceptors (Lipinski definition) is 4. The molecule has 2 heterocycles. The number of nitrogens with two attached hydrogens (primary N) is 1. The van der Waals surface area contributed by atoms with Crippen LogP contribution in [0.15, 0.2) is 6.20 Å². The van der Waals surface area contributed by atoms with Gasteiger partial charge in [0.25, 0.3) is 0 Å². The van der Waals surface area contributed by atoms with Gasteiger partial charge in [-0.05, 0) is 13.3 Å². The van der Waals surface area contributed by atoms with E-state index in [-0.39, 0.29) is 0 Å². The molecule has 6 nitrogen and oxygen atoms in total. The van der Waals surface area contributed by atoms with Crippen LogP contribution in [-0.2, 0) is 20.5 Å². The molecule has 0 aliphatic rings. The molecule has 0 fully saturated rings. The van der Waals surface area contributed by atoms with Gasteiger partial charge in [-0.15, -0.1) is 0 Å². The molecule has 92 valence electrons. The Hall–Kier alpha value is -1.98. The summed E-state index contributed by atoms with van der Waals surface area (Å²) in [6, 6.07) is 0. The van der Waals surface area contributed by atoms with Gasteiger partial charge in [0.1, 0.15) is 0 Å². The molecule has 2 aromatic rings. The molecule has 0 aliphatic heterocycles. The SMILES string of the molecule is CCc1nn(C)c(Nc2cn(C)nc2C)c1N. The number of nitrogens with zero attached hydrogens (tertiary/aromatic N) is 4. The maximum Gasteiger partial charge on any atom is 0.152 e. The fourth-order valence-electron chi connectivity index (χ4n) is 1.86. The third-order valence-electron chi connectivity index (χ3n) is 2.76. The minimum atomic E-state index is 0.707. The number of nitrogens with one attached hydrogen (secondary N) is 1. The van der Waals surface area contributed by atoms with Crippen LogP contribution in [0, 0.1) is 6.92 Å². The molecule has 0 spiro atoms. The summed E-state index contributed by atoms with van der Waals surface area (Å²) >= 11 is 0. The zero-order valence-electron chi connectivity index (χ0n) is 10.7. The van der Waals surface area contributed by atoms with E-state index in [9.17, 15) is 0 Å². The van der Waals surface area contributed by atoms with Crippen LogP contribution in [0.4, 0.5) is 17.2 Å². The predicted octanol–water partition coefficient (Wildman–Crippen LogP) is 1.35. The van der Waals surface area contributed by atoms with E-state index >= 15 is 0 Å². The van der Waals surface area contributed by atoms with Crippen LogP contribution in [-0.4, -0.2) is 19.6 Å². The smallest absolute Gasteiger partial charge is 0.152 e. The van der Waals surface area contributed by atoms with Crippen molar-refractivity contribution in [2.75, 3.05) is 11.1 Å². The van der Waals surface area contributed by atoms with Crippen LogP contribution >= 0.6 is 0 Å². The van der Waals surface area contributed by atoms with Gasteiger partial charge in [-0.1, -0.05) is 6.92 Å². The largest absolute Gasteiger partial charge is 0.394 e. The van der Waals surface area contributed by atoms with E-state index in [0.29, 0.717) is 5.69 Å². The van der Waals surface area contributed by atoms with Gasteiger partial charge in [0.2, 0.25) is 0 Å². The van der Waals surface area contributed by atoms with Crippen molar-refractivity contribution in [1.82, 2.24) is 19.6 Å². The van der Waals surface area contributed by atoms with Crippen molar-refractivity contribution in [2.45, 2.75) is 20.3 Å². The number of aryl methyl sites for hydroxylation is 4. The quantitative estimate of drug-likeness (QED) is 0.840. The highest BCUT2D eigenvalue weighted by Crippen LogP contribution is 2.26. The first kappa shape index (κ1) is 11.5. The average molecular weight is 234 g/mol. The summed E-state index contributed by atoms with van der Waals surface area (Å²) in [7, 11) is 3.77. The van der Waals surface area contributed by atoms with Gasteiger partial charge < -0.3 is 11.1 Å². The summed E-state index contributed by atoms with van der Waals surface area (Å²) in [4.78, 5) is 0. The van der Waals surface area contributed by atoms with Gasteiger partial charge >= 0.3 is 0 Å². The highest BCUT2D eigenvalue weighted by molar-refractivity contribution is 5.71. The standard InChI is InChI=1S/C11H18N6/c1-5-8-10(12)11(17(4)15-8)13-9-6-16(3)14-7(9)2/h6,13H,5,12H2,1-4H3. The topological polar surface area (TPSA) is 73.7 Å². The lowest BCUT2D eigenvalue weighted by atomic mass is 10.3. The van der Waals surface area contributed by atoms with Crippen LogP contribution in [0.5, 0.6) is 0 Å². The van der Waals surface area contributed by atoms with Crippen LogP contribution in [0.3, 0.4) is 0 Å². The maximum atomic E-state index is 6.05. The summed E-state index contributed by atoms with van der Waals surface area (Å²) in [6.45, 7) is 3.99. The van der Waals surface area contributed by atoms with Gasteiger partial charge in [0.05, 0.1) is 22.8 Å². The van der Waals surface area contributed by atoms with Crippen molar-refractivity contribution in [3.8, 4) is 0 Å². The first-order chi connectivity index (χ1) is 8.02. The molecule has 0 unspecified atom stereocenters. The molecule has 2 aromatic heterocycles. The van der Waals surface area contributed by atoms with Gasteiger partial charge in [-0.25, -0.2) is 0 Å². The van der Waals surface area contributed by atoms with E-state index in [0.717, 1.165) is 29.3 Å². The Kier molecular flexibility index (Phi) is 2.79. The van der Waals surface area contributed by atoms with Crippen molar-refractivity contribution in [1.29, 1.82) is 0 Å². The van der Waals surface area contributed by atoms with E-state index in [1.54, 1.807) is 9.36 Å². The second kappa shape index (κ2) is 4.12. The molecule has 17 heavy (non-hydrogen) atoms. The first-order valence-electron chi connectivity index (χ1n) is 5.61. The third kappa shape index (κ3) is 1.98. The second-order valence-electron chi connectivity index (χ2n) is 4.11. The molecule has 0 radical (unpaired) electrons. The lowest BCUT2D eigenvalue weighted by Crippen LogP contribution is -2.01. The zero-order valence-corrected chi connectivity index (χ0v) is 10.7. The van der Waals surface area contributed by atoms with Crippen LogP contribution in [0.2, 0.25) is 0 Å². The van der Waals surface area contributed by atoms with E-state index in [1.165, 1.54) is 0 Å². The summed E-state index contributed by atoms with van der Waals surface area (Å²) < 4.78 is 3.53. The molecule has 0 aromatic carbocycles. The Morgan fingerprint density at radius 3 is 2.53 bits per heavy atom. The average Bonchev–Trinajstić information content (AvgIpc) is 2.72. The lowest BCUT2D eigenvalue weighted by molar-refractivity contribution is 0.753. The number of aromatic nitrogens is 4. The fraction of sp³-hybridized carbons (Fsp3) is 0.455. The van der Waals surface area contributed by atoms with Crippen molar-refractivity contribution in [3.05, 3.63) is 17.6 Å². The molecule has 0 aliphatic carbocycles. The number of nitrogen functional groups attached to an aromatic ring is 1. The molecule has 0 saturated carbocycles. The monoisotopic (exact) mass is 234 g/mol. The molecule has 3 N–H and O–H groups in total. The normalized spacial score (nSPS) is 10.8. The molecule has 0 amide bonds. The Morgan fingerprint density at radius 2 is 2.06 bits per heavy atom. The molecule has 0 atom stereocenters. The van der Waals surface area contributed by atoms with Crippen molar-refractivity contribution in [3.63, 3.8) is 0 Å². The molecule has 6 heteroatoms. The van der Waals surface area contributed by atoms with Gasteiger partial charge in [0, 0.05) is 20.3 Å². The Labute approximate surface area is 100 Å². The molecular weight excluding hydrogens is 216 g/mol. The number of rotatable bonds is 3. The Balaban J connectivity index is 2.36. The third-order valence-corrected chi connectivity index (χ3v) is 2.76. The van der Waals surface area contributed by atoms with Crippen LogP contribution < -0.4 is 11.1 Å². The van der Waals surface area contributed by atoms with Crippen molar-refractivity contribution in [2.24, 2.45) is 14.1 Å². The first-order valence-corrected chi connectivity index (χ1v) is 5.61. The molecule has 0 saturated heterocycles. The predicted molar refractivity (Wildman–Crippen MR) is 68.2 cm³/mol. The van der Waals surface area contributed by atoms with Crippen LogP contribution in [0.25, 0.3) is 0 Å². The van der Waals surface area contributed by atoms with E-state index in [1.807, 2.05) is 34.1 Å². The maximum absolute atomic E-state index is 6.05. The molecule has 0 bridgehead atoms. The molecular formula is C11H18N6. The second-order valence-corrected chi connectivity index (χ2v) is 4.11. The Morgan fingerprint density at radius 1 is 1.35 bits per heavy atom. The van der Waals surface area contributed by atoms with E-state index < -0.39 is 0 Å². The highest BCUT2D eigenvalue weighted by atomic mass is 15.3. The van der Waals surface area contributed by atoms with E-state index in [4.69, 9.17) is 5.73 Å². The van der Waals surface area contributed by atoms with Gasteiger partial charge in [-0.3, -0.25) is 9.36 Å². The number of anilines is 3. The van der Waals surface area contributed by atoms with Crippen LogP contribution in [0.1, 0.15) is 18.3 Å². The van der Waals surface area contributed by atoms with Gasteiger partial charge in [-0.2, -0.15) is 10.2 Å². The summed E-state index contributed by atoms with van der Waals surface area (Å²) in [6.07, 6.45) is 2.75. The van der Waals surface area contributed by atoms with E-state index in [2.05, 4.69) is 15.5 Å². The summed E-state index contributed by atoms with van der Waals surface area (Å²) in [5.74, 6) is 0.818. The molecule has 2 rings (SSSR count). The minimum absolute atomic E-state index is 0.707. The van der Waals surface area contributed by atoms with Gasteiger partial charge in [0.15, 0.2) is 5.82 Å². The van der Waals surface area contributed by atoms with Crippen molar-refractivity contribution >= 4 is 17.2 Å². The fourth-order valence-corrected chi connectivity index (χ4v) is 1.86. The summed E-state index contributed by atoms with van der Waals surface area (Å²) in [5.41, 5.74) is 9.55. The Bertz CT molecular complexity index is 536. The van der Waals surface area contributed by atoms with Crippen molar-refractivity contribution < 1.29 is 0 Å². The number of hydrogen-bond donors (Lipinski definition) is 2. The summed E-state index contributed by atoms with van der Waals surface area (Å²) in [5, 5.41) is 11.9. The lowest BCUT2D eigenvalue weighted by Gasteiger charge is -2.05. The highest BCUT2D eigenvalue weighted by Gasteiger charge is 2.13.